The van der Waals surface area contributed by atoms with Crippen molar-refractivity contribution in [2.24, 2.45) is 0 Å². The molecule has 27 heavy (non-hydrogen) atoms. The molecule has 0 radical (unpaired) electrons. The molecule has 0 saturated carbocycles. The maximum atomic E-state index is 12.8. The van der Waals surface area contributed by atoms with Crippen molar-refractivity contribution in [1.82, 2.24) is 15.3 Å². The van der Waals surface area contributed by atoms with E-state index in [1.165, 1.54) is 6.20 Å². The highest BCUT2D eigenvalue weighted by Crippen LogP contribution is 2.29. The number of nitrogens with zero attached hydrogens (tertiary/aromatic N) is 2. The van der Waals surface area contributed by atoms with Crippen molar-refractivity contribution in [1.29, 1.82) is 0 Å². The van der Waals surface area contributed by atoms with E-state index in [9.17, 15) is 9.90 Å². The highest BCUT2D eigenvalue weighted by molar-refractivity contribution is 6.07. The number of aliphatic hydroxyl groups excluding tert-OH is 1. The first kappa shape index (κ1) is 17.4. The first-order chi connectivity index (χ1) is 13.1. The van der Waals surface area contributed by atoms with Crippen LogP contribution in [0.3, 0.4) is 0 Å². The molecule has 0 spiro atoms. The lowest BCUT2D eigenvalue weighted by Crippen LogP contribution is -2.64. The molecule has 1 amide bonds. The van der Waals surface area contributed by atoms with Gasteiger partial charge in [0, 0.05) is 17.6 Å². The minimum absolute atomic E-state index is 0.187. The third kappa shape index (κ3) is 3.36. The van der Waals surface area contributed by atoms with Gasteiger partial charge in [0.05, 0.1) is 37.3 Å². The number of carbonyl (C=O) groups excluding carboxylic acids is 1. The second-order valence-corrected chi connectivity index (χ2v) is 6.55. The molecule has 0 unspecified atom stereocenters. The SMILES string of the molecule is Cc1oc2cnc(OCc3ccccn3)cc2c1C(=O)NC1(CO)COC1. The molecule has 1 aliphatic rings. The van der Waals surface area contributed by atoms with E-state index in [2.05, 4.69) is 15.3 Å². The van der Waals surface area contributed by atoms with Crippen molar-refractivity contribution < 1.29 is 23.8 Å². The van der Waals surface area contributed by atoms with Crippen LogP contribution < -0.4 is 10.1 Å². The lowest BCUT2D eigenvalue weighted by atomic mass is 9.98. The number of aliphatic hydroxyl groups is 1. The third-order valence-electron chi connectivity index (χ3n) is 4.49. The fourth-order valence-electron chi connectivity index (χ4n) is 2.95. The number of furan rings is 1. The van der Waals surface area contributed by atoms with Gasteiger partial charge in [0.25, 0.3) is 5.91 Å². The van der Waals surface area contributed by atoms with E-state index in [1.54, 1.807) is 19.2 Å². The Labute approximate surface area is 155 Å². The van der Waals surface area contributed by atoms with Crippen LogP contribution in [-0.4, -0.2) is 46.3 Å². The number of hydrogen-bond donors (Lipinski definition) is 2. The standard InChI is InChI=1S/C19H19N3O5/c1-12-17(18(24)22-19(9-23)10-25-11-19)14-6-16(21-7-15(14)27-12)26-8-13-4-2-3-5-20-13/h2-7,23H,8-11H2,1H3,(H,22,24). The molecule has 1 fully saturated rings. The van der Waals surface area contributed by atoms with Crippen molar-refractivity contribution in [3.05, 3.63) is 53.7 Å². The molecule has 140 valence electrons. The van der Waals surface area contributed by atoms with Crippen LogP contribution in [0.1, 0.15) is 21.8 Å². The molecule has 0 aliphatic carbocycles. The predicted molar refractivity (Wildman–Crippen MR) is 95.4 cm³/mol. The zero-order chi connectivity index (χ0) is 18.9. The molecular formula is C19H19N3O5. The van der Waals surface area contributed by atoms with Crippen molar-refractivity contribution in [2.75, 3.05) is 19.8 Å². The van der Waals surface area contributed by atoms with Gasteiger partial charge in [0.1, 0.15) is 17.9 Å². The molecule has 4 rings (SSSR count). The Hall–Kier alpha value is -2.97. The maximum absolute atomic E-state index is 12.8. The van der Waals surface area contributed by atoms with Crippen molar-refractivity contribution in [2.45, 2.75) is 19.1 Å². The van der Waals surface area contributed by atoms with Gasteiger partial charge in [-0.3, -0.25) is 9.78 Å². The number of carbonyl (C=O) groups is 1. The summed E-state index contributed by atoms with van der Waals surface area (Å²) in [4.78, 5) is 21.2. The molecule has 1 saturated heterocycles. The summed E-state index contributed by atoms with van der Waals surface area (Å²) in [5, 5.41) is 13.0. The van der Waals surface area contributed by atoms with Crippen LogP contribution in [0, 0.1) is 6.92 Å². The lowest BCUT2D eigenvalue weighted by Gasteiger charge is -2.40. The van der Waals surface area contributed by atoms with Gasteiger partial charge in [-0.05, 0) is 19.1 Å². The Morgan fingerprint density at radius 3 is 2.89 bits per heavy atom. The molecule has 3 aromatic rings. The second kappa shape index (κ2) is 6.98. The number of pyridine rings is 2. The Kier molecular flexibility index (Phi) is 4.51. The molecular weight excluding hydrogens is 350 g/mol. The molecule has 8 nitrogen and oxygen atoms in total. The molecule has 3 aromatic heterocycles. The number of fused-ring (bicyclic) bond motifs is 1. The van der Waals surface area contributed by atoms with Crippen LogP contribution in [0.25, 0.3) is 11.0 Å². The minimum Gasteiger partial charge on any atom is -0.471 e. The highest BCUT2D eigenvalue weighted by Gasteiger charge is 2.40. The number of amides is 1. The van der Waals surface area contributed by atoms with Crippen LogP contribution >= 0.6 is 0 Å². The van der Waals surface area contributed by atoms with E-state index in [-0.39, 0.29) is 32.3 Å². The van der Waals surface area contributed by atoms with Crippen molar-refractivity contribution in [3.63, 3.8) is 0 Å². The lowest BCUT2D eigenvalue weighted by molar-refractivity contribution is -0.0919. The molecule has 1 aliphatic heterocycles. The van der Waals surface area contributed by atoms with Gasteiger partial charge in [-0.2, -0.15) is 0 Å². The topological polar surface area (TPSA) is 107 Å². The molecule has 0 bridgehead atoms. The summed E-state index contributed by atoms with van der Waals surface area (Å²) >= 11 is 0. The first-order valence-electron chi connectivity index (χ1n) is 8.53. The maximum Gasteiger partial charge on any atom is 0.256 e. The Balaban J connectivity index is 1.59. The van der Waals surface area contributed by atoms with Crippen LogP contribution in [0.15, 0.2) is 41.1 Å². The van der Waals surface area contributed by atoms with E-state index in [0.29, 0.717) is 28.2 Å². The zero-order valence-electron chi connectivity index (χ0n) is 14.8. The quantitative estimate of drug-likeness (QED) is 0.680. The van der Waals surface area contributed by atoms with E-state index in [1.807, 2.05) is 18.2 Å². The monoisotopic (exact) mass is 369 g/mol. The fraction of sp³-hybridized carbons (Fsp3) is 0.316. The Morgan fingerprint density at radius 2 is 2.22 bits per heavy atom. The summed E-state index contributed by atoms with van der Waals surface area (Å²) in [6.07, 6.45) is 3.22. The predicted octanol–water partition coefficient (Wildman–Crippen LogP) is 1.60. The van der Waals surface area contributed by atoms with Crippen LogP contribution in [0.2, 0.25) is 0 Å². The Bertz CT molecular complexity index is 961. The normalized spacial score (nSPS) is 15.3. The summed E-state index contributed by atoms with van der Waals surface area (Å²) in [7, 11) is 0. The average Bonchev–Trinajstić information content (AvgIpc) is 2.99. The van der Waals surface area contributed by atoms with Crippen LogP contribution in [0.5, 0.6) is 5.88 Å². The largest absolute Gasteiger partial charge is 0.471 e. The van der Waals surface area contributed by atoms with Gasteiger partial charge in [0.2, 0.25) is 5.88 Å². The number of rotatable bonds is 6. The van der Waals surface area contributed by atoms with E-state index < -0.39 is 5.54 Å². The van der Waals surface area contributed by atoms with Gasteiger partial charge < -0.3 is 24.3 Å². The number of aromatic nitrogens is 2. The zero-order valence-corrected chi connectivity index (χ0v) is 14.8. The average molecular weight is 369 g/mol. The molecule has 4 heterocycles. The van der Waals surface area contributed by atoms with Crippen molar-refractivity contribution >= 4 is 16.9 Å². The first-order valence-corrected chi connectivity index (χ1v) is 8.53. The fourth-order valence-corrected chi connectivity index (χ4v) is 2.95. The number of hydrogen-bond acceptors (Lipinski definition) is 7. The summed E-state index contributed by atoms with van der Waals surface area (Å²) in [6.45, 7) is 2.36. The number of nitrogens with one attached hydrogen (secondary N) is 1. The van der Waals surface area contributed by atoms with Gasteiger partial charge >= 0.3 is 0 Å². The molecule has 0 aromatic carbocycles. The summed E-state index contributed by atoms with van der Waals surface area (Å²) < 4.78 is 16.5. The summed E-state index contributed by atoms with van der Waals surface area (Å²) in [5.74, 6) is 0.511. The number of aryl methyl sites for hydroxylation is 1. The smallest absolute Gasteiger partial charge is 0.256 e. The molecule has 0 atom stereocenters. The minimum atomic E-state index is -0.738. The second-order valence-electron chi connectivity index (χ2n) is 6.55. The molecule has 2 N–H and O–H groups in total. The van der Waals surface area contributed by atoms with E-state index in [4.69, 9.17) is 13.9 Å². The summed E-state index contributed by atoms with van der Waals surface area (Å²) in [5.41, 5.74) is 0.925. The number of ether oxygens (including phenoxy) is 2. The van der Waals surface area contributed by atoms with E-state index >= 15 is 0 Å². The third-order valence-corrected chi connectivity index (χ3v) is 4.49. The Morgan fingerprint density at radius 1 is 1.37 bits per heavy atom. The van der Waals surface area contributed by atoms with Crippen LogP contribution in [-0.2, 0) is 11.3 Å². The van der Waals surface area contributed by atoms with E-state index in [0.717, 1.165) is 5.69 Å². The van der Waals surface area contributed by atoms with Gasteiger partial charge in [-0.1, -0.05) is 6.07 Å². The highest BCUT2D eigenvalue weighted by atomic mass is 16.5. The van der Waals surface area contributed by atoms with Gasteiger partial charge in [-0.25, -0.2) is 4.98 Å². The van der Waals surface area contributed by atoms with Crippen LogP contribution in [0.4, 0.5) is 0 Å². The van der Waals surface area contributed by atoms with Crippen molar-refractivity contribution in [3.8, 4) is 5.88 Å². The van der Waals surface area contributed by atoms with Gasteiger partial charge in [-0.15, -0.1) is 0 Å². The summed E-state index contributed by atoms with van der Waals surface area (Å²) in [6, 6.07) is 7.24. The molecule has 8 heteroatoms. The van der Waals surface area contributed by atoms with Gasteiger partial charge in [0.15, 0.2) is 5.58 Å².